The van der Waals surface area contributed by atoms with E-state index in [4.69, 9.17) is 9.47 Å². The van der Waals surface area contributed by atoms with Crippen LogP contribution in [-0.2, 0) is 14.3 Å². The molecule has 0 saturated carbocycles. The summed E-state index contributed by atoms with van der Waals surface area (Å²) in [4.78, 5) is 13.0. The predicted molar refractivity (Wildman–Crippen MR) is 57.7 cm³/mol. The summed E-state index contributed by atoms with van der Waals surface area (Å²) in [5, 5.41) is 0. The standard InChI is InChI=1S/C11H21NO3/c1-3-14-7-8-15-11-5-4-6-12(9-11)10(2)13/h11H,3-9H2,1-2H3. The van der Waals surface area contributed by atoms with Gasteiger partial charge in [-0.1, -0.05) is 0 Å². The second kappa shape index (κ2) is 6.80. The van der Waals surface area contributed by atoms with Gasteiger partial charge in [-0.3, -0.25) is 4.79 Å². The molecule has 0 aromatic heterocycles. The molecule has 0 bridgehead atoms. The minimum Gasteiger partial charge on any atom is -0.379 e. The number of piperidine rings is 1. The summed E-state index contributed by atoms with van der Waals surface area (Å²) >= 11 is 0. The third kappa shape index (κ3) is 4.62. The van der Waals surface area contributed by atoms with E-state index in [0.717, 1.165) is 32.5 Å². The van der Waals surface area contributed by atoms with Gasteiger partial charge in [0.1, 0.15) is 0 Å². The van der Waals surface area contributed by atoms with E-state index in [1.807, 2.05) is 11.8 Å². The maximum atomic E-state index is 11.2. The molecule has 0 aliphatic carbocycles. The van der Waals surface area contributed by atoms with Crippen LogP contribution in [0.5, 0.6) is 0 Å². The Morgan fingerprint density at radius 3 is 2.93 bits per heavy atom. The topological polar surface area (TPSA) is 38.8 Å². The summed E-state index contributed by atoms with van der Waals surface area (Å²) in [6.07, 6.45) is 2.29. The second-order valence-corrected chi connectivity index (χ2v) is 3.80. The number of carbonyl (C=O) groups is 1. The molecule has 1 aliphatic rings. The van der Waals surface area contributed by atoms with Crippen molar-refractivity contribution in [1.82, 2.24) is 4.90 Å². The van der Waals surface area contributed by atoms with Crippen molar-refractivity contribution in [3.05, 3.63) is 0 Å². The van der Waals surface area contributed by atoms with Crippen molar-refractivity contribution in [2.24, 2.45) is 0 Å². The second-order valence-electron chi connectivity index (χ2n) is 3.80. The summed E-state index contributed by atoms with van der Waals surface area (Å²) in [5.74, 6) is 0.146. The molecule has 15 heavy (non-hydrogen) atoms. The molecule has 0 radical (unpaired) electrons. The molecule has 0 aromatic rings. The molecule has 1 unspecified atom stereocenters. The Kier molecular flexibility index (Phi) is 5.65. The third-order valence-corrected chi connectivity index (χ3v) is 2.61. The highest BCUT2D eigenvalue weighted by atomic mass is 16.5. The Labute approximate surface area is 91.5 Å². The smallest absolute Gasteiger partial charge is 0.219 e. The molecule has 0 spiro atoms. The molecule has 1 saturated heterocycles. The Morgan fingerprint density at radius 2 is 2.27 bits per heavy atom. The minimum atomic E-state index is 0.146. The number of likely N-dealkylation sites (tertiary alicyclic amines) is 1. The van der Waals surface area contributed by atoms with Crippen molar-refractivity contribution in [3.8, 4) is 0 Å². The van der Waals surface area contributed by atoms with E-state index in [1.54, 1.807) is 6.92 Å². The summed E-state index contributed by atoms with van der Waals surface area (Å²) < 4.78 is 10.8. The number of rotatable bonds is 5. The van der Waals surface area contributed by atoms with E-state index in [9.17, 15) is 4.79 Å². The van der Waals surface area contributed by atoms with Crippen LogP contribution >= 0.6 is 0 Å². The molecular formula is C11H21NO3. The maximum Gasteiger partial charge on any atom is 0.219 e. The Balaban J connectivity index is 2.15. The average Bonchev–Trinajstić information content (AvgIpc) is 2.25. The van der Waals surface area contributed by atoms with Gasteiger partial charge in [0.15, 0.2) is 0 Å². The fourth-order valence-electron chi connectivity index (χ4n) is 1.78. The lowest BCUT2D eigenvalue weighted by Gasteiger charge is -2.31. The van der Waals surface area contributed by atoms with Gasteiger partial charge in [-0.25, -0.2) is 0 Å². The highest BCUT2D eigenvalue weighted by Gasteiger charge is 2.21. The largest absolute Gasteiger partial charge is 0.379 e. The molecule has 1 aliphatic heterocycles. The predicted octanol–water partition coefficient (Wildman–Crippen LogP) is 1.05. The van der Waals surface area contributed by atoms with Crippen molar-refractivity contribution in [2.45, 2.75) is 32.8 Å². The van der Waals surface area contributed by atoms with Crippen molar-refractivity contribution in [3.63, 3.8) is 0 Å². The molecule has 1 amide bonds. The van der Waals surface area contributed by atoms with Crippen LogP contribution in [0.15, 0.2) is 0 Å². The first-order valence-electron chi connectivity index (χ1n) is 5.69. The molecule has 1 rings (SSSR count). The lowest BCUT2D eigenvalue weighted by molar-refractivity contribution is -0.133. The van der Waals surface area contributed by atoms with Crippen LogP contribution < -0.4 is 0 Å². The van der Waals surface area contributed by atoms with E-state index < -0.39 is 0 Å². The van der Waals surface area contributed by atoms with Gasteiger partial charge >= 0.3 is 0 Å². The first kappa shape index (κ1) is 12.5. The van der Waals surface area contributed by atoms with Crippen LogP contribution in [0.2, 0.25) is 0 Å². The number of amides is 1. The lowest BCUT2D eigenvalue weighted by Crippen LogP contribution is -2.42. The van der Waals surface area contributed by atoms with Gasteiger partial charge in [0, 0.05) is 26.6 Å². The van der Waals surface area contributed by atoms with Crippen LogP contribution in [-0.4, -0.2) is 49.8 Å². The number of hydrogen-bond donors (Lipinski definition) is 0. The molecule has 1 heterocycles. The highest BCUT2D eigenvalue weighted by molar-refractivity contribution is 5.73. The zero-order chi connectivity index (χ0) is 11.1. The number of ether oxygens (including phenoxy) is 2. The fourth-order valence-corrected chi connectivity index (χ4v) is 1.78. The first-order chi connectivity index (χ1) is 7.24. The van der Waals surface area contributed by atoms with E-state index >= 15 is 0 Å². The molecular weight excluding hydrogens is 194 g/mol. The van der Waals surface area contributed by atoms with Crippen LogP contribution in [0.3, 0.4) is 0 Å². The molecule has 88 valence electrons. The fraction of sp³-hybridized carbons (Fsp3) is 0.909. The molecule has 0 N–H and O–H groups in total. The summed E-state index contributed by atoms with van der Waals surface area (Å²) in [5.41, 5.74) is 0. The van der Waals surface area contributed by atoms with Crippen molar-refractivity contribution >= 4 is 5.91 Å². The summed E-state index contributed by atoms with van der Waals surface area (Å²) in [6.45, 7) is 7.20. The van der Waals surface area contributed by atoms with E-state index in [0.29, 0.717) is 13.2 Å². The molecule has 4 heteroatoms. The van der Waals surface area contributed by atoms with E-state index in [-0.39, 0.29) is 12.0 Å². The average molecular weight is 215 g/mol. The Morgan fingerprint density at radius 1 is 1.47 bits per heavy atom. The maximum absolute atomic E-state index is 11.2. The Bertz CT molecular complexity index is 196. The van der Waals surface area contributed by atoms with Crippen LogP contribution in [0.25, 0.3) is 0 Å². The van der Waals surface area contributed by atoms with Gasteiger partial charge < -0.3 is 14.4 Å². The molecule has 1 atom stereocenters. The Hall–Kier alpha value is -0.610. The zero-order valence-corrected chi connectivity index (χ0v) is 9.70. The van der Waals surface area contributed by atoms with Gasteiger partial charge in [0.25, 0.3) is 0 Å². The summed E-state index contributed by atoms with van der Waals surface area (Å²) in [6, 6.07) is 0. The summed E-state index contributed by atoms with van der Waals surface area (Å²) in [7, 11) is 0. The van der Waals surface area contributed by atoms with E-state index in [1.165, 1.54) is 0 Å². The lowest BCUT2D eigenvalue weighted by atomic mass is 10.1. The quantitative estimate of drug-likeness (QED) is 0.643. The van der Waals surface area contributed by atoms with Crippen molar-refractivity contribution in [1.29, 1.82) is 0 Å². The van der Waals surface area contributed by atoms with Gasteiger partial charge in [0.2, 0.25) is 5.91 Å². The zero-order valence-electron chi connectivity index (χ0n) is 9.70. The SMILES string of the molecule is CCOCCOC1CCCN(C(C)=O)C1. The number of nitrogens with zero attached hydrogens (tertiary/aromatic N) is 1. The number of carbonyl (C=O) groups excluding carboxylic acids is 1. The van der Waals surface area contributed by atoms with Crippen molar-refractivity contribution < 1.29 is 14.3 Å². The normalized spacial score (nSPS) is 21.7. The van der Waals surface area contributed by atoms with Gasteiger partial charge in [-0.05, 0) is 19.8 Å². The molecule has 0 aromatic carbocycles. The van der Waals surface area contributed by atoms with Crippen LogP contribution in [0.4, 0.5) is 0 Å². The monoisotopic (exact) mass is 215 g/mol. The third-order valence-electron chi connectivity index (χ3n) is 2.61. The highest BCUT2D eigenvalue weighted by Crippen LogP contribution is 2.12. The molecule has 1 fully saturated rings. The number of hydrogen-bond acceptors (Lipinski definition) is 3. The first-order valence-corrected chi connectivity index (χ1v) is 5.69. The van der Waals surface area contributed by atoms with Gasteiger partial charge in [0.05, 0.1) is 19.3 Å². The van der Waals surface area contributed by atoms with E-state index in [2.05, 4.69) is 0 Å². The van der Waals surface area contributed by atoms with Crippen molar-refractivity contribution in [2.75, 3.05) is 32.9 Å². The molecule has 4 nitrogen and oxygen atoms in total. The van der Waals surface area contributed by atoms with Gasteiger partial charge in [-0.15, -0.1) is 0 Å². The van der Waals surface area contributed by atoms with Crippen LogP contribution in [0, 0.1) is 0 Å². The minimum absolute atomic E-state index is 0.146. The van der Waals surface area contributed by atoms with Crippen LogP contribution in [0.1, 0.15) is 26.7 Å². The van der Waals surface area contributed by atoms with Gasteiger partial charge in [-0.2, -0.15) is 0 Å².